The van der Waals surface area contributed by atoms with E-state index in [1.165, 1.54) is 24.9 Å². The second kappa shape index (κ2) is 5.41. The van der Waals surface area contributed by atoms with E-state index in [-0.39, 0.29) is 10.9 Å². The van der Waals surface area contributed by atoms with E-state index in [9.17, 15) is 9.50 Å². The Kier molecular flexibility index (Phi) is 4.44. The first-order valence-electron chi connectivity index (χ1n) is 4.93. The number of nitrogens with two attached hydrogens (primary N) is 1. The van der Waals surface area contributed by atoms with Gasteiger partial charge in [-0.3, -0.25) is 0 Å². The van der Waals surface area contributed by atoms with Gasteiger partial charge in [0.1, 0.15) is 11.6 Å². The molecule has 0 aliphatic heterocycles. The van der Waals surface area contributed by atoms with Crippen molar-refractivity contribution in [3.63, 3.8) is 0 Å². The molecule has 16 heavy (non-hydrogen) atoms. The van der Waals surface area contributed by atoms with Gasteiger partial charge in [-0.1, -0.05) is 6.92 Å². The molecule has 0 fully saturated rings. The first-order chi connectivity index (χ1) is 7.45. The molecule has 0 aliphatic carbocycles. The normalized spacial score (nSPS) is 14.6. The van der Waals surface area contributed by atoms with Crippen molar-refractivity contribution in [3.05, 3.63) is 17.9 Å². The van der Waals surface area contributed by atoms with E-state index in [1.54, 1.807) is 13.0 Å². The Morgan fingerprint density at radius 1 is 1.44 bits per heavy atom. The zero-order valence-electron chi connectivity index (χ0n) is 9.53. The predicted octanol–water partition coefficient (Wildman–Crippen LogP) is 2.28. The molecule has 3 nitrogen and oxygen atoms in total. The molecule has 0 bridgehead atoms. The lowest BCUT2D eigenvalue weighted by atomic mass is 10.3. The van der Waals surface area contributed by atoms with Crippen LogP contribution in [0.4, 0.5) is 10.1 Å². The summed E-state index contributed by atoms with van der Waals surface area (Å²) >= 11 is 1.26. The fraction of sp³-hybridized carbons (Fsp3) is 0.455. The van der Waals surface area contributed by atoms with Gasteiger partial charge in [0.2, 0.25) is 0 Å². The highest BCUT2D eigenvalue weighted by atomic mass is 32.2. The van der Waals surface area contributed by atoms with Crippen molar-refractivity contribution in [1.82, 2.24) is 0 Å². The standard InChI is InChI=1S/C11H16FNO2S/c1-6(14)7(2)16-11-5-10(15-3)9(13)4-8(11)12/h4-7,14H,13H2,1-3H3. The van der Waals surface area contributed by atoms with Crippen molar-refractivity contribution in [2.45, 2.75) is 30.1 Å². The van der Waals surface area contributed by atoms with Gasteiger partial charge < -0.3 is 15.6 Å². The summed E-state index contributed by atoms with van der Waals surface area (Å²) in [5.74, 6) is 0.0532. The Morgan fingerprint density at radius 3 is 2.56 bits per heavy atom. The second-order valence-corrected chi connectivity index (χ2v) is 5.01. The van der Waals surface area contributed by atoms with E-state index in [2.05, 4.69) is 0 Å². The zero-order chi connectivity index (χ0) is 12.3. The number of methoxy groups -OCH3 is 1. The minimum atomic E-state index is -0.507. The third-order valence-electron chi connectivity index (χ3n) is 2.28. The SMILES string of the molecule is COc1cc(SC(C)C(C)O)c(F)cc1N. The first kappa shape index (κ1) is 13.1. The van der Waals surface area contributed by atoms with Gasteiger partial charge in [-0.15, -0.1) is 11.8 Å². The maximum absolute atomic E-state index is 13.6. The van der Waals surface area contributed by atoms with Crippen LogP contribution in [0.5, 0.6) is 5.75 Å². The third-order valence-corrected chi connectivity index (χ3v) is 3.61. The summed E-state index contributed by atoms with van der Waals surface area (Å²) in [7, 11) is 1.48. The Balaban J connectivity index is 2.96. The van der Waals surface area contributed by atoms with E-state index < -0.39 is 11.9 Å². The number of nitrogen functional groups attached to an aromatic ring is 1. The molecule has 0 spiro atoms. The number of anilines is 1. The highest BCUT2D eigenvalue weighted by Crippen LogP contribution is 2.34. The maximum Gasteiger partial charge on any atom is 0.143 e. The highest BCUT2D eigenvalue weighted by Gasteiger charge is 2.15. The van der Waals surface area contributed by atoms with Crippen molar-refractivity contribution >= 4 is 17.4 Å². The van der Waals surface area contributed by atoms with Gasteiger partial charge in [-0.25, -0.2) is 4.39 Å². The number of rotatable bonds is 4. The number of aliphatic hydroxyl groups is 1. The summed E-state index contributed by atoms with van der Waals surface area (Å²) in [5.41, 5.74) is 5.84. The highest BCUT2D eigenvalue weighted by molar-refractivity contribution is 8.00. The Bertz CT molecular complexity index is 371. The molecular weight excluding hydrogens is 229 g/mol. The van der Waals surface area contributed by atoms with Crippen LogP contribution in [-0.4, -0.2) is 23.6 Å². The van der Waals surface area contributed by atoms with Gasteiger partial charge in [-0.2, -0.15) is 0 Å². The van der Waals surface area contributed by atoms with Crippen LogP contribution in [0.2, 0.25) is 0 Å². The van der Waals surface area contributed by atoms with Crippen LogP contribution in [0.1, 0.15) is 13.8 Å². The predicted molar refractivity (Wildman–Crippen MR) is 64.4 cm³/mol. The van der Waals surface area contributed by atoms with Crippen LogP contribution < -0.4 is 10.5 Å². The van der Waals surface area contributed by atoms with Gasteiger partial charge >= 0.3 is 0 Å². The Labute approximate surface area is 98.8 Å². The van der Waals surface area contributed by atoms with Crippen LogP contribution in [0.25, 0.3) is 0 Å². The third kappa shape index (κ3) is 3.02. The largest absolute Gasteiger partial charge is 0.495 e. The second-order valence-electron chi connectivity index (χ2n) is 3.59. The number of ether oxygens (including phenoxy) is 1. The molecule has 1 rings (SSSR count). The molecule has 1 aromatic carbocycles. The molecule has 0 radical (unpaired) electrons. The number of hydrogen-bond donors (Lipinski definition) is 2. The molecule has 2 unspecified atom stereocenters. The molecule has 0 aliphatic rings. The molecule has 0 aromatic heterocycles. The molecule has 0 heterocycles. The van der Waals surface area contributed by atoms with Gasteiger partial charge in [0.15, 0.2) is 0 Å². The fourth-order valence-electron chi connectivity index (χ4n) is 1.12. The van der Waals surface area contributed by atoms with Crippen molar-refractivity contribution in [2.75, 3.05) is 12.8 Å². The van der Waals surface area contributed by atoms with Crippen LogP contribution >= 0.6 is 11.8 Å². The molecular formula is C11H16FNO2S. The minimum absolute atomic E-state index is 0.0946. The molecule has 3 N–H and O–H groups in total. The first-order valence-corrected chi connectivity index (χ1v) is 5.81. The van der Waals surface area contributed by atoms with E-state index in [1.807, 2.05) is 6.92 Å². The lowest BCUT2D eigenvalue weighted by Gasteiger charge is -2.15. The quantitative estimate of drug-likeness (QED) is 0.631. The molecule has 0 saturated heterocycles. The van der Waals surface area contributed by atoms with Crippen LogP contribution in [0.3, 0.4) is 0 Å². The number of hydrogen-bond acceptors (Lipinski definition) is 4. The number of halogens is 1. The summed E-state index contributed by atoms with van der Waals surface area (Å²) in [6, 6.07) is 2.78. The molecule has 90 valence electrons. The average molecular weight is 245 g/mol. The lowest BCUT2D eigenvalue weighted by molar-refractivity contribution is 0.196. The van der Waals surface area contributed by atoms with Crippen LogP contribution in [-0.2, 0) is 0 Å². The zero-order valence-corrected chi connectivity index (χ0v) is 10.3. The maximum atomic E-state index is 13.6. The number of benzene rings is 1. The minimum Gasteiger partial charge on any atom is -0.495 e. The summed E-state index contributed by atoms with van der Waals surface area (Å²) in [4.78, 5) is 0.430. The van der Waals surface area contributed by atoms with Crippen LogP contribution in [0.15, 0.2) is 17.0 Å². The van der Waals surface area contributed by atoms with E-state index in [0.29, 0.717) is 10.6 Å². The number of aliphatic hydroxyl groups excluding tert-OH is 1. The van der Waals surface area contributed by atoms with E-state index >= 15 is 0 Å². The summed E-state index contributed by atoms with van der Waals surface area (Å²) in [6.45, 7) is 3.50. The number of thioether (sulfide) groups is 1. The van der Waals surface area contributed by atoms with Gasteiger partial charge in [0.05, 0.1) is 18.9 Å². The lowest BCUT2D eigenvalue weighted by Crippen LogP contribution is -2.15. The van der Waals surface area contributed by atoms with Crippen molar-refractivity contribution in [1.29, 1.82) is 0 Å². The van der Waals surface area contributed by atoms with Gasteiger partial charge in [0, 0.05) is 16.2 Å². The van der Waals surface area contributed by atoms with Gasteiger partial charge in [0.25, 0.3) is 0 Å². The fourth-order valence-corrected chi connectivity index (χ4v) is 2.06. The van der Waals surface area contributed by atoms with Crippen molar-refractivity contribution in [3.8, 4) is 5.75 Å². The topological polar surface area (TPSA) is 55.5 Å². The molecule has 5 heteroatoms. The Hall–Kier alpha value is -0.940. The van der Waals surface area contributed by atoms with Crippen molar-refractivity contribution < 1.29 is 14.2 Å². The van der Waals surface area contributed by atoms with Crippen molar-refractivity contribution in [2.24, 2.45) is 0 Å². The monoisotopic (exact) mass is 245 g/mol. The summed E-state index contributed by atoms with van der Waals surface area (Å²) in [6.07, 6.45) is -0.507. The Morgan fingerprint density at radius 2 is 2.06 bits per heavy atom. The molecule has 0 amide bonds. The van der Waals surface area contributed by atoms with Gasteiger partial charge in [-0.05, 0) is 13.0 Å². The smallest absolute Gasteiger partial charge is 0.143 e. The summed E-state index contributed by atoms with van der Waals surface area (Å²) < 4.78 is 18.6. The van der Waals surface area contributed by atoms with E-state index in [0.717, 1.165) is 0 Å². The molecule has 1 aromatic rings. The van der Waals surface area contributed by atoms with Crippen LogP contribution in [0, 0.1) is 5.82 Å². The van der Waals surface area contributed by atoms with E-state index in [4.69, 9.17) is 10.5 Å². The average Bonchev–Trinajstić information content (AvgIpc) is 2.21. The summed E-state index contributed by atoms with van der Waals surface area (Å²) in [5, 5.41) is 9.26. The molecule has 2 atom stereocenters. The molecule has 0 saturated carbocycles.